The molecule has 4 nitrogen and oxygen atoms in total. The third-order valence-corrected chi connectivity index (χ3v) is 5.75. The van der Waals surface area contributed by atoms with Crippen molar-refractivity contribution < 1.29 is 19.2 Å². The molecule has 0 unspecified atom stereocenters. The Morgan fingerprint density at radius 2 is 0.731 bits per heavy atom. The molecule has 2 aliphatic carbocycles. The van der Waals surface area contributed by atoms with Crippen LogP contribution in [0.4, 0.5) is 0 Å². The molecule has 0 aromatic carbocycles. The highest BCUT2D eigenvalue weighted by Crippen LogP contribution is 2.41. The molecule has 0 saturated carbocycles. The van der Waals surface area contributed by atoms with Crippen LogP contribution in [0.5, 0.6) is 0 Å². The predicted molar refractivity (Wildman–Crippen MR) is 101 cm³/mol. The zero-order valence-electron chi connectivity index (χ0n) is 16.8. The highest BCUT2D eigenvalue weighted by Gasteiger charge is 2.41. The Hall–Kier alpha value is -2.36. The quantitative estimate of drug-likeness (QED) is 0.722. The minimum absolute atomic E-state index is 0.115. The molecule has 138 valence electrons. The average Bonchev–Trinajstić information content (AvgIpc) is 2.60. The SMILES string of the molecule is CC1=C(C)C(=O)C(C(C2=C(C)C(=O)C(C)=C(C)C2=O)C(C)C)=C(C)C1=O. The molecule has 0 bridgehead atoms. The van der Waals surface area contributed by atoms with E-state index in [4.69, 9.17) is 0 Å². The maximum atomic E-state index is 13.0. The molecule has 0 fully saturated rings. The second kappa shape index (κ2) is 6.75. The first-order valence-electron chi connectivity index (χ1n) is 8.88. The lowest BCUT2D eigenvalue weighted by Gasteiger charge is -2.32. The summed E-state index contributed by atoms with van der Waals surface area (Å²) in [6.07, 6.45) is 0. The van der Waals surface area contributed by atoms with Gasteiger partial charge in [0.05, 0.1) is 0 Å². The number of carbonyl (C=O) groups excluding carboxylic acids is 4. The Morgan fingerprint density at radius 1 is 0.462 bits per heavy atom. The summed E-state index contributed by atoms with van der Waals surface area (Å²) in [5.41, 5.74) is 3.19. The number of allylic oxidation sites excluding steroid dienone is 8. The van der Waals surface area contributed by atoms with Gasteiger partial charge in [0.15, 0.2) is 23.1 Å². The van der Waals surface area contributed by atoms with Crippen molar-refractivity contribution in [3.8, 4) is 0 Å². The minimum Gasteiger partial charge on any atom is -0.289 e. The van der Waals surface area contributed by atoms with E-state index in [1.807, 2.05) is 13.8 Å². The topological polar surface area (TPSA) is 68.3 Å². The molecule has 0 atom stereocenters. The maximum absolute atomic E-state index is 13.0. The van der Waals surface area contributed by atoms with Gasteiger partial charge < -0.3 is 0 Å². The molecule has 2 rings (SSSR count). The van der Waals surface area contributed by atoms with E-state index in [2.05, 4.69) is 0 Å². The van der Waals surface area contributed by atoms with E-state index >= 15 is 0 Å². The van der Waals surface area contributed by atoms with Crippen LogP contribution in [0.2, 0.25) is 0 Å². The van der Waals surface area contributed by atoms with Gasteiger partial charge in [-0.25, -0.2) is 0 Å². The molecule has 0 heterocycles. The van der Waals surface area contributed by atoms with E-state index in [9.17, 15) is 19.2 Å². The van der Waals surface area contributed by atoms with Crippen LogP contribution in [0.3, 0.4) is 0 Å². The third kappa shape index (κ3) is 2.77. The van der Waals surface area contributed by atoms with Crippen molar-refractivity contribution in [2.45, 2.75) is 55.4 Å². The lowest BCUT2D eigenvalue weighted by Crippen LogP contribution is -2.34. The highest BCUT2D eigenvalue weighted by molar-refractivity contribution is 6.28. The van der Waals surface area contributed by atoms with Gasteiger partial charge in [0.2, 0.25) is 0 Å². The van der Waals surface area contributed by atoms with Crippen LogP contribution >= 0.6 is 0 Å². The molecule has 0 aromatic heterocycles. The van der Waals surface area contributed by atoms with Gasteiger partial charge in [-0.15, -0.1) is 0 Å². The van der Waals surface area contributed by atoms with Gasteiger partial charge in [-0.1, -0.05) is 13.8 Å². The summed E-state index contributed by atoms with van der Waals surface area (Å²) in [6.45, 7) is 13.7. The summed E-state index contributed by atoms with van der Waals surface area (Å²) >= 11 is 0. The van der Waals surface area contributed by atoms with Crippen molar-refractivity contribution in [2.24, 2.45) is 11.8 Å². The van der Waals surface area contributed by atoms with E-state index in [0.29, 0.717) is 44.6 Å². The van der Waals surface area contributed by atoms with Gasteiger partial charge in [-0.05, 0) is 47.5 Å². The molecule has 0 spiro atoms. The molecule has 0 amide bonds. The lowest BCUT2D eigenvalue weighted by molar-refractivity contribution is -0.118. The number of carbonyl (C=O) groups is 4. The van der Waals surface area contributed by atoms with E-state index in [-0.39, 0.29) is 29.1 Å². The molecule has 0 N–H and O–H groups in total. The van der Waals surface area contributed by atoms with Gasteiger partial charge in [0.1, 0.15) is 0 Å². The molecule has 0 aromatic rings. The van der Waals surface area contributed by atoms with Gasteiger partial charge >= 0.3 is 0 Å². The zero-order chi connectivity index (χ0) is 20.1. The predicted octanol–water partition coefficient (Wildman–Crippen LogP) is 3.87. The number of Topliss-reactive ketones (excluding diaryl/α,β-unsaturated/α-hetero) is 4. The van der Waals surface area contributed by atoms with Gasteiger partial charge in [0.25, 0.3) is 0 Å². The Labute approximate surface area is 154 Å². The van der Waals surface area contributed by atoms with Crippen LogP contribution in [0, 0.1) is 11.8 Å². The van der Waals surface area contributed by atoms with Crippen LogP contribution in [0.15, 0.2) is 44.6 Å². The van der Waals surface area contributed by atoms with E-state index in [1.165, 1.54) is 0 Å². The molecule has 4 heteroatoms. The number of ketones is 4. The summed E-state index contributed by atoms with van der Waals surface area (Å²) in [7, 11) is 0. The fourth-order valence-corrected chi connectivity index (χ4v) is 3.79. The Kier molecular flexibility index (Phi) is 5.18. The van der Waals surface area contributed by atoms with Crippen LogP contribution in [-0.4, -0.2) is 23.1 Å². The Morgan fingerprint density at radius 3 is 1.00 bits per heavy atom. The Balaban J connectivity index is 2.77. The average molecular weight is 354 g/mol. The molecule has 0 radical (unpaired) electrons. The summed E-state index contributed by atoms with van der Waals surface area (Å²) < 4.78 is 0. The highest BCUT2D eigenvalue weighted by atomic mass is 16.1. The van der Waals surface area contributed by atoms with E-state index in [1.54, 1.807) is 41.5 Å². The van der Waals surface area contributed by atoms with Gasteiger partial charge in [-0.3, -0.25) is 19.2 Å². The fourth-order valence-electron chi connectivity index (χ4n) is 3.79. The second-order valence-electron chi connectivity index (χ2n) is 7.62. The van der Waals surface area contributed by atoms with Crippen molar-refractivity contribution in [1.29, 1.82) is 0 Å². The molecule has 0 saturated heterocycles. The van der Waals surface area contributed by atoms with Crippen LogP contribution < -0.4 is 0 Å². The first kappa shape index (κ1) is 20.0. The van der Waals surface area contributed by atoms with Crippen molar-refractivity contribution in [3.05, 3.63) is 44.6 Å². The van der Waals surface area contributed by atoms with Crippen molar-refractivity contribution in [3.63, 3.8) is 0 Å². The van der Waals surface area contributed by atoms with Crippen LogP contribution in [0.25, 0.3) is 0 Å². The summed E-state index contributed by atoms with van der Waals surface area (Å²) in [4.78, 5) is 51.2. The monoisotopic (exact) mass is 354 g/mol. The van der Waals surface area contributed by atoms with Crippen LogP contribution in [-0.2, 0) is 19.2 Å². The third-order valence-electron chi connectivity index (χ3n) is 5.75. The molecule has 26 heavy (non-hydrogen) atoms. The first-order chi connectivity index (χ1) is 11.9. The molecule has 0 aliphatic heterocycles. The van der Waals surface area contributed by atoms with Crippen LogP contribution in [0.1, 0.15) is 55.4 Å². The van der Waals surface area contributed by atoms with Gasteiger partial charge in [0, 0.05) is 50.5 Å². The molecular weight excluding hydrogens is 328 g/mol. The van der Waals surface area contributed by atoms with Crippen molar-refractivity contribution in [1.82, 2.24) is 0 Å². The normalized spacial score (nSPS) is 19.9. The summed E-state index contributed by atoms with van der Waals surface area (Å²) in [6, 6.07) is 0. The smallest absolute Gasteiger partial charge is 0.186 e. The minimum atomic E-state index is -0.575. The maximum Gasteiger partial charge on any atom is 0.186 e. The molecule has 2 aliphatic rings. The summed E-state index contributed by atoms with van der Waals surface area (Å²) in [5, 5.41) is 0. The largest absolute Gasteiger partial charge is 0.289 e. The van der Waals surface area contributed by atoms with E-state index in [0.717, 1.165) is 0 Å². The number of hydrogen-bond acceptors (Lipinski definition) is 4. The lowest BCUT2D eigenvalue weighted by atomic mass is 9.68. The van der Waals surface area contributed by atoms with Crippen molar-refractivity contribution >= 4 is 23.1 Å². The van der Waals surface area contributed by atoms with Gasteiger partial charge in [-0.2, -0.15) is 0 Å². The van der Waals surface area contributed by atoms with E-state index < -0.39 is 5.92 Å². The first-order valence-corrected chi connectivity index (χ1v) is 8.88. The Bertz CT molecular complexity index is 815. The fraction of sp³-hybridized carbons (Fsp3) is 0.455. The number of rotatable bonds is 3. The standard InChI is InChI=1S/C22H26O4/c1-9(2)16(17-14(7)19(23)10(3)12(5)21(17)25)18-15(8)20(24)11(4)13(6)22(18)26/h9,16H,1-8H3. The molecular formula is C22H26O4. The van der Waals surface area contributed by atoms with Crippen molar-refractivity contribution in [2.75, 3.05) is 0 Å². The zero-order valence-corrected chi connectivity index (χ0v) is 16.8. The number of hydrogen-bond donors (Lipinski definition) is 0. The second-order valence-corrected chi connectivity index (χ2v) is 7.62. The summed E-state index contributed by atoms with van der Waals surface area (Å²) in [5.74, 6) is -1.44.